The van der Waals surface area contributed by atoms with E-state index in [9.17, 15) is 14.7 Å². The molecule has 2 aliphatic rings. The molecule has 0 bridgehead atoms. The van der Waals surface area contributed by atoms with Crippen LogP contribution in [0.1, 0.15) is 86.5 Å². The molecule has 154 valence electrons. The van der Waals surface area contributed by atoms with Crippen LogP contribution in [0.25, 0.3) is 0 Å². The molecule has 27 heavy (non-hydrogen) atoms. The first kappa shape index (κ1) is 22.3. The zero-order chi connectivity index (χ0) is 20.4. The predicted octanol–water partition coefficient (Wildman–Crippen LogP) is 5.36. The van der Waals surface area contributed by atoms with Crippen molar-refractivity contribution in [1.82, 2.24) is 0 Å². The number of aliphatic hydroxyl groups is 1. The number of hydrogen-bond acceptors (Lipinski definition) is 3. The summed E-state index contributed by atoms with van der Waals surface area (Å²) in [5, 5.41) is 10.7. The number of ketones is 2. The average molecular weight is 377 g/mol. The second-order valence-electron chi connectivity index (χ2n) is 10.2. The first-order chi connectivity index (χ1) is 12.5. The van der Waals surface area contributed by atoms with Crippen molar-refractivity contribution < 1.29 is 14.7 Å². The molecular weight excluding hydrogens is 336 g/mol. The molecule has 2 rings (SSSR count). The average Bonchev–Trinajstić information content (AvgIpc) is 3.31. The van der Waals surface area contributed by atoms with Gasteiger partial charge in [0.1, 0.15) is 11.6 Å². The summed E-state index contributed by atoms with van der Waals surface area (Å²) < 4.78 is 0. The molecule has 3 nitrogen and oxygen atoms in total. The van der Waals surface area contributed by atoms with Gasteiger partial charge < -0.3 is 5.11 Å². The molecule has 0 aromatic rings. The minimum Gasteiger partial charge on any atom is -0.392 e. The van der Waals surface area contributed by atoms with Crippen molar-refractivity contribution in [1.29, 1.82) is 0 Å². The maximum absolute atomic E-state index is 13.0. The fraction of sp³-hybridized carbons (Fsp3) is 0.833. The monoisotopic (exact) mass is 376 g/mol. The van der Waals surface area contributed by atoms with E-state index in [1.54, 1.807) is 0 Å². The Labute approximate surface area is 166 Å². The van der Waals surface area contributed by atoms with E-state index >= 15 is 0 Å². The van der Waals surface area contributed by atoms with E-state index in [-0.39, 0.29) is 29.8 Å². The normalized spacial score (nSPS) is 41.2. The van der Waals surface area contributed by atoms with E-state index in [4.69, 9.17) is 0 Å². The van der Waals surface area contributed by atoms with Crippen molar-refractivity contribution in [3.05, 3.63) is 11.6 Å². The van der Waals surface area contributed by atoms with Crippen LogP contribution in [-0.4, -0.2) is 22.8 Å². The predicted molar refractivity (Wildman–Crippen MR) is 110 cm³/mol. The number of fused-ring (bicyclic) bond motifs is 1. The van der Waals surface area contributed by atoms with Crippen molar-refractivity contribution in [2.45, 2.75) is 92.6 Å². The third-order valence-electron chi connectivity index (χ3n) is 6.91. The summed E-state index contributed by atoms with van der Waals surface area (Å²) in [6.45, 7) is 12.3. The van der Waals surface area contributed by atoms with Crippen LogP contribution in [0.4, 0.5) is 0 Å². The maximum atomic E-state index is 13.0. The summed E-state index contributed by atoms with van der Waals surface area (Å²) in [4.78, 5) is 25.6. The molecule has 1 fully saturated rings. The van der Waals surface area contributed by atoms with Crippen molar-refractivity contribution >= 4 is 11.6 Å². The molecule has 0 aliphatic heterocycles. The molecule has 1 N–H and O–H groups in total. The number of carbonyl (C=O) groups is 2. The van der Waals surface area contributed by atoms with E-state index in [0.717, 1.165) is 38.5 Å². The number of allylic oxidation sites excluding steroid dienone is 2. The smallest absolute Gasteiger partial charge is 0.143 e. The van der Waals surface area contributed by atoms with Crippen LogP contribution in [-0.2, 0) is 9.59 Å². The lowest BCUT2D eigenvalue weighted by Crippen LogP contribution is -2.42. The maximum Gasteiger partial charge on any atom is 0.143 e. The highest BCUT2D eigenvalue weighted by Gasteiger charge is 2.46. The summed E-state index contributed by atoms with van der Waals surface area (Å²) in [5.74, 6) is 1.70. The van der Waals surface area contributed by atoms with E-state index in [1.807, 2.05) is 20.8 Å². The fourth-order valence-corrected chi connectivity index (χ4v) is 4.97. The summed E-state index contributed by atoms with van der Waals surface area (Å²) in [5.41, 5.74) is 0.585. The molecule has 0 amide bonds. The zero-order valence-corrected chi connectivity index (χ0v) is 18.3. The molecule has 0 saturated heterocycles. The highest BCUT2D eigenvalue weighted by molar-refractivity contribution is 5.89. The highest BCUT2D eigenvalue weighted by Crippen LogP contribution is 2.45. The summed E-state index contributed by atoms with van der Waals surface area (Å²) >= 11 is 0. The van der Waals surface area contributed by atoms with Crippen molar-refractivity contribution in [3.63, 3.8) is 0 Å². The number of Topliss-reactive ketones (excluding diaryl/α,β-unsaturated/α-hetero) is 2. The second kappa shape index (κ2) is 9.03. The van der Waals surface area contributed by atoms with E-state index in [1.165, 1.54) is 5.57 Å². The Morgan fingerprint density at radius 1 is 1.07 bits per heavy atom. The van der Waals surface area contributed by atoms with Gasteiger partial charge in [0.15, 0.2) is 0 Å². The van der Waals surface area contributed by atoms with E-state index < -0.39 is 11.5 Å². The molecule has 0 heterocycles. The highest BCUT2D eigenvalue weighted by atomic mass is 16.3. The Balaban J connectivity index is 2.14. The van der Waals surface area contributed by atoms with Gasteiger partial charge in [-0.2, -0.15) is 0 Å². The zero-order valence-electron chi connectivity index (χ0n) is 18.3. The van der Waals surface area contributed by atoms with Crippen LogP contribution >= 0.6 is 0 Å². The SMILES string of the molecule is C/C1=C/[C@H](C)CC2CC2C(=O)CC(O)C(C)(C)C(=O)C(C)CC(C)CCC1. The van der Waals surface area contributed by atoms with Gasteiger partial charge in [0.05, 0.1) is 6.10 Å². The Morgan fingerprint density at radius 2 is 1.74 bits per heavy atom. The van der Waals surface area contributed by atoms with E-state index in [2.05, 4.69) is 26.8 Å². The van der Waals surface area contributed by atoms with E-state index in [0.29, 0.717) is 17.8 Å². The van der Waals surface area contributed by atoms with Crippen molar-refractivity contribution in [2.24, 2.45) is 35.0 Å². The van der Waals surface area contributed by atoms with Gasteiger partial charge in [0.25, 0.3) is 0 Å². The van der Waals surface area contributed by atoms with Crippen molar-refractivity contribution in [3.8, 4) is 0 Å². The number of hydrogen-bond donors (Lipinski definition) is 1. The second-order valence-corrected chi connectivity index (χ2v) is 10.2. The molecular formula is C24H40O3. The molecule has 1 saturated carbocycles. The number of aliphatic hydroxyl groups excluding tert-OH is 1. The Morgan fingerprint density at radius 3 is 2.41 bits per heavy atom. The molecule has 6 atom stereocenters. The Hall–Kier alpha value is -0.960. The first-order valence-corrected chi connectivity index (χ1v) is 10.9. The summed E-state index contributed by atoms with van der Waals surface area (Å²) in [7, 11) is 0. The quantitative estimate of drug-likeness (QED) is 0.579. The first-order valence-electron chi connectivity index (χ1n) is 10.9. The van der Waals surface area contributed by atoms with Crippen LogP contribution in [0.5, 0.6) is 0 Å². The van der Waals surface area contributed by atoms with Gasteiger partial charge in [0, 0.05) is 23.7 Å². The molecule has 0 aromatic heterocycles. The molecule has 0 spiro atoms. The van der Waals surface area contributed by atoms with Crippen molar-refractivity contribution in [2.75, 3.05) is 0 Å². The van der Waals surface area contributed by atoms with Gasteiger partial charge >= 0.3 is 0 Å². The van der Waals surface area contributed by atoms with Crippen LogP contribution in [0.3, 0.4) is 0 Å². The lowest BCUT2D eigenvalue weighted by atomic mass is 9.73. The number of rotatable bonds is 0. The molecule has 3 heteroatoms. The van der Waals surface area contributed by atoms with Gasteiger partial charge in [-0.05, 0) is 56.8 Å². The van der Waals surface area contributed by atoms with Crippen LogP contribution in [0.2, 0.25) is 0 Å². The van der Waals surface area contributed by atoms with Crippen LogP contribution in [0, 0.1) is 35.0 Å². The summed E-state index contributed by atoms with van der Waals surface area (Å²) in [6, 6.07) is 0. The lowest BCUT2D eigenvalue weighted by molar-refractivity contribution is -0.139. The van der Waals surface area contributed by atoms with Gasteiger partial charge in [0.2, 0.25) is 0 Å². The Bertz CT molecular complexity index is 574. The third-order valence-corrected chi connectivity index (χ3v) is 6.91. The largest absolute Gasteiger partial charge is 0.392 e. The molecule has 0 radical (unpaired) electrons. The lowest BCUT2D eigenvalue weighted by Gasteiger charge is -2.32. The Kier molecular flexibility index (Phi) is 7.47. The number of carbonyl (C=O) groups excluding carboxylic acids is 2. The topological polar surface area (TPSA) is 54.4 Å². The van der Waals surface area contributed by atoms with Gasteiger partial charge in [-0.25, -0.2) is 0 Å². The molecule has 0 aromatic carbocycles. The van der Waals surface area contributed by atoms with Crippen LogP contribution < -0.4 is 0 Å². The van der Waals surface area contributed by atoms with Gasteiger partial charge in [-0.3, -0.25) is 9.59 Å². The standard InChI is InChI=1S/C24H40O3/c1-15-8-7-9-16(2)11-18(4)23(27)24(5,6)22(26)14-21(25)20-13-19(20)12-17(3)10-15/h10,16-20,22,26H,7-9,11-14H2,1-6H3/b15-10-/t16?,17-,18?,19?,20?,22?/m0/s1. The third kappa shape index (κ3) is 6.01. The minimum absolute atomic E-state index is 0.0826. The minimum atomic E-state index is -0.883. The molecule has 5 unspecified atom stereocenters. The van der Waals surface area contributed by atoms with Gasteiger partial charge in [-0.15, -0.1) is 0 Å². The fourth-order valence-electron chi connectivity index (χ4n) is 4.97. The summed E-state index contributed by atoms with van der Waals surface area (Å²) in [6.07, 6.45) is 7.88. The van der Waals surface area contributed by atoms with Crippen LogP contribution in [0.15, 0.2) is 11.6 Å². The van der Waals surface area contributed by atoms with Gasteiger partial charge in [-0.1, -0.05) is 52.7 Å². The molecule has 2 aliphatic carbocycles.